The molecule has 1 saturated heterocycles. The van der Waals surface area contributed by atoms with Gasteiger partial charge in [-0.25, -0.2) is 4.39 Å². The van der Waals surface area contributed by atoms with Crippen molar-refractivity contribution >= 4 is 37.7 Å². The number of halogens is 3. The van der Waals surface area contributed by atoms with E-state index in [2.05, 4.69) is 15.9 Å². The molecule has 18 heavy (non-hydrogen) atoms. The van der Waals surface area contributed by atoms with Crippen LogP contribution in [0.5, 0.6) is 0 Å². The fraction of sp³-hybridized carbons (Fsp3) is 0.300. The van der Waals surface area contributed by atoms with Crippen LogP contribution in [-0.4, -0.2) is 26.1 Å². The lowest BCUT2D eigenvalue weighted by Gasteiger charge is -2.16. The van der Waals surface area contributed by atoms with E-state index < -0.39 is 33.6 Å². The van der Waals surface area contributed by atoms with Crippen molar-refractivity contribution < 1.29 is 21.5 Å². The Balaban J connectivity index is 2.30. The molecular formula is C10H8BrF2NO3S. The Kier molecular flexibility index (Phi) is 3.41. The van der Waals surface area contributed by atoms with Crippen molar-refractivity contribution in [3.05, 3.63) is 28.5 Å². The van der Waals surface area contributed by atoms with E-state index in [1.165, 1.54) is 12.1 Å². The number of rotatable bonds is 2. The summed E-state index contributed by atoms with van der Waals surface area (Å²) in [5.74, 6) is -1.12. The largest absolute Gasteiger partial charge is 0.311 e. The molecule has 1 atom stereocenters. The van der Waals surface area contributed by atoms with Crippen molar-refractivity contribution in [3.63, 3.8) is 0 Å². The molecule has 2 rings (SSSR count). The van der Waals surface area contributed by atoms with Gasteiger partial charge in [-0.15, -0.1) is 3.89 Å². The van der Waals surface area contributed by atoms with Crippen molar-refractivity contribution in [2.24, 2.45) is 0 Å². The molecule has 0 spiro atoms. The third-order valence-corrected chi connectivity index (χ3v) is 4.46. The summed E-state index contributed by atoms with van der Waals surface area (Å²) in [7, 11) is -4.76. The molecule has 1 aliphatic heterocycles. The van der Waals surface area contributed by atoms with Gasteiger partial charge in [0.1, 0.15) is 11.1 Å². The summed E-state index contributed by atoms with van der Waals surface area (Å²) in [4.78, 5) is 12.7. The molecule has 1 aromatic rings. The number of amides is 1. The third kappa shape index (κ3) is 2.54. The highest BCUT2D eigenvalue weighted by atomic mass is 79.9. The van der Waals surface area contributed by atoms with Crippen LogP contribution < -0.4 is 4.90 Å². The number of carbonyl (C=O) groups is 1. The van der Waals surface area contributed by atoms with E-state index in [0.29, 0.717) is 0 Å². The molecule has 0 N–H and O–H groups in total. The molecule has 0 aliphatic carbocycles. The van der Waals surface area contributed by atoms with Crippen molar-refractivity contribution in [2.45, 2.75) is 11.7 Å². The van der Waals surface area contributed by atoms with E-state index in [4.69, 9.17) is 0 Å². The van der Waals surface area contributed by atoms with Crippen LogP contribution in [0.15, 0.2) is 22.7 Å². The van der Waals surface area contributed by atoms with Crippen LogP contribution in [0.1, 0.15) is 6.42 Å². The second-order valence-corrected chi connectivity index (χ2v) is 6.38. The maximum Gasteiger partial charge on any atom is 0.307 e. The second kappa shape index (κ2) is 4.58. The van der Waals surface area contributed by atoms with Crippen molar-refractivity contribution in [1.29, 1.82) is 0 Å². The number of nitrogens with zero attached hydrogens (tertiary/aromatic N) is 1. The molecular weight excluding hydrogens is 332 g/mol. The normalized spacial score (nSPS) is 20.5. The highest BCUT2D eigenvalue weighted by Gasteiger charge is 2.39. The molecule has 1 aliphatic rings. The summed E-state index contributed by atoms with van der Waals surface area (Å²) >= 11 is 2.96. The highest BCUT2D eigenvalue weighted by Crippen LogP contribution is 2.28. The van der Waals surface area contributed by atoms with Crippen LogP contribution >= 0.6 is 15.9 Å². The topological polar surface area (TPSA) is 54.5 Å². The number of hydrogen-bond acceptors (Lipinski definition) is 3. The monoisotopic (exact) mass is 339 g/mol. The predicted molar refractivity (Wildman–Crippen MR) is 64.9 cm³/mol. The molecule has 0 aromatic heterocycles. The summed E-state index contributed by atoms with van der Waals surface area (Å²) in [5, 5.41) is -1.38. The van der Waals surface area contributed by atoms with Crippen LogP contribution in [0.3, 0.4) is 0 Å². The molecule has 1 unspecified atom stereocenters. The van der Waals surface area contributed by atoms with Crippen molar-refractivity contribution in [3.8, 4) is 0 Å². The summed E-state index contributed by atoms with van der Waals surface area (Å²) in [5.41, 5.74) is 0.215. The molecule has 0 bridgehead atoms. The molecule has 1 aromatic carbocycles. The van der Waals surface area contributed by atoms with E-state index in [0.717, 1.165) is 11.0 Å². The average Bonchev–Trinajstić information content (AvgIpc) is 2.64. The molecule has 1 heterocycles. The van der Waals surface area contributed by atoms with Crippen molar-refractivity contribution in [1.82, 2.24) is 0 Å². The maximum atomic E-state index is 13.3. The van der Waals surface area contributed by atoms with Gasteiger partial charge in [0, 0.05) is 18.7 Å². The lowest BCUT2D eigenvalue weighted by molar-refractivity contribution is -0.117. The van der Waals surface area contributed by atoms with Gasteiger partial charge in [0.2, 0.25) is 5.91 Å². The third-order valence-electron chi connectivity index (χ3n) is 2.70. The van der Waals surface area contributed by atoms with Crippen LogP contribution in [0.2, 0.25) is 0 Å². The van der Waals surface area contributed by atoms with E-state index in [-0.39, 0.29) is 16.7 Å². The van der Waals surface area contributed by atoms with Gasteiger partial charge in [0.05, 0.1) is 4.47 Å². The molecule has 4 nitrogen and oxygen atoms in total. The quantitative estimate of drug-likeness (QED) is 0.774. The van der Waals surface area contributed by atoms with Gasteiger partial charge in [0.15, 0.2) is 0 Å². The zero-order chi connectivity index (χ0) is 13.5. The highest BCUT2D eigenvalue weighted by molar-refractivity contribution is 9.10. The van der Waals surface area contributed by atoms with Gasteiger partial charge in [-0.3, -0.25) is 4.79 Å². The average molecular weight is 340 g/mol. The first kappa shape index (κ1) is 13.4. The minimum Gasteiger partial charge on any atom is -0.311 e. The van der Waals surface area contributed by atoms with Gasteiger partial charge in [-0.2, -0.15) is 8.42 Å². The van der Waals surface area contributed by atoms with E-state index >= 15 is 0 Å². The first-order valence-corrected chi connectivity index (χ1v) is 7.22. The van der Waals surface area contributed by atoms with Crippen LogP contribution in [0.4, 0.5) is 14.0 Å². The Morgan fingerprint density at radius 1 is 1.39 bits per heavy atom. The summed E-state index contributed by atoms with van der Waals surface area (Å²) in [6, 6.07) is 3.95. The second-order valence-electron chi connectivity index (χ2n) is 3.90. The lowest BCUT2D eigenvalue weighted by atomic mass is 10.3. The molecule has 1 amide bonds. The van der Waals surface area contributed by atoms with Crippen molar-refractivity contribution in [2.75, 3.05) is 11.4 Å². The van der Waals surface area contributed by atoms with E-state index in [9.17, 15) is 21.5 Å². The minimum atomic E-state index is -4.76. The maximum absolute atomic E-state index is 13.3. The number of anilines is 1. The zero-order valence-electron chi connectivity index (χ0n) is 8.94. The van der Waals surface area contributed by atoms with E-state index in [1.807, 2.05) is 0 Å². The van der Waals surface area contributed by atoms with Crippen LogP contribution in [0.25, 0.3) is 0 Å². The van der Waals surface area contributed by atoms with Gasteiger partial charge in [-0.05, 0) is 34.1 Å². The molecule has 0 radical (unpaired) electrons. The standard InChI is InChI=1S/C10H8BrF2NO3S/c11-8-2-1-6(3-9(8)12)14-5-7(4-10(14)15)18(13,16)17/h1-3,7H,4-5H2. The minimum absolute atomic E-state index is 0.215. The summed E-state index contributed by atoms with van der Waals surface area (Å²) < 4.78 is 47.9. The van der Waals surface area contributed by atoms with Gasteiger partial charge in [0.25, 0.3) is 0 Å². The van der Waals surface area contributed by atoms with Crippen LogP contribution in [-0.2, 0) is 15.0 Å². The SMILES string of the molecule is O=C1CC(S(=O)(=O)F)CN1c1ccc(Br)c(F)c1. The Labute approximate surface area is 111 Å². The molecule has 98 valence electrons. The predicted octanol–water partition coefficient (Wildman–Crippen LogP) is 1.99. The summed E-state index contributed by atoms with van der Waals surface area (Å²) in [6.45, 7) is -0.293. The Bertz CT molecular complexity index is 605. The summed E-state index contributed by atoms with van der Waals surface area (Å²) in [6.07, 6.45) is -0.420. The smallest absolute Gasteiger partial charge is 0.307 e. The molecule has 0 saturated carbocycles. The fourth-order valence-electron chi connectivity index (χ4n) is 1.77. The first-order valence-electron chi connectivity index (χ1n) is 4.98. The van der Waals surface area contributed by atoms with Crippen LogP contribution in [0, 0.1) is 5.82 Å². The van der Waals surface area contributed by atoms with Gasteiger partial charge >= 0.3 is 10.2 Å². The fourth-order valence-corrected chi connectivity index (χ4v) is 2.68. The zero-order valence-corrected chi connectivity index (χ0v) is 11.3. The Morgan fingerprint density at radius 3 is 2.56 bits per heavy atom. The number of hydrogen-bond donors (Lipinski definition) is 0. The number of benzene rings is 1. The number of carbonyl (C=O) groups excluding carboxylic acids is 1. The Morgan fingerprint density at radius 2 is 2.06 bits per heavy atom. The Hall–Kier alpha value is -1.02. The van der Waals surface area contributed by atoms with E-state index in [1.54, 1.807) is 0 Å². The first-order chi connectivity index (χ1) is 8.29. The molecule has 1 fully saturated rings. The lowest BCUT2D eigenvalue weighted by Crippen LogP contribution is -2.26. The van der Waals surface area contributed by atoms with Gasteiger partial charge < -0.3 is 4.90 Å². The molecule has 8 heteroatoms. The van der Waals surface area contributed by atoms with Gasteiger partial charge in [-0.1, -0.05) is 0 Å².